The van der Waals surface area contributed by atoms with E-state index in [1.807, 2.05) is 6.92 Å². The number of amides is 1. The maximum absolute atomic E-state index is 12.7. The maximum atomic E-state index is 12.7. The molecule has 2 aromatic rings. The summed E-state index contributed by atoms with van der Waals surface area (Å²) < 4.78 is 16.1. The van der Waals surface area contributed by atoms with Crippen LogP contribution in [0.1, 0.15) is 67.4 Å². The molecule has 5 atom stereocenters. The van der Waals surface area contributed by atoms with Crippen LogP contribution in [0.5, 0.6) is 5.75 Å². The average Bonchev–Trinajstić information content (AvgIpc) is 3.40. The van der Waals surface area contributed by atoms with Crippen LogP contribution in [0.3, 0.4) is 0 Å². The van der Waals surface area contributed by atoms with Gasteiger partial charge in [0.1, 0.15) is 0 Å². The Hall–Kier alpha value is -2.86. The second kappa shape index (κ2) is 10.3. The Labute approximate surface area is 228 Å². The number of nitro benzene ring substituents is 1. The van der Waals surface area contributed by atoms with E-state index in [0.29, 0.717) is 42.8 Å². The van der Waals surface area contributed by atoms with E-state index in [1.165, 1.54) is 17.4 Å². The van der Waals surface area contributed by atoms with E-state index in [1.54, 1.807) is 12.3 Å². The normalized spacial score (nSPS) is 28.9. The lowest BCUT2D eigenvalue weighted by molar-refractivity contribution is -0.386. The Morgan fingerprint density at radius 1 is 1.38 bits per heavy atom. The highest BCUT2D eigenvalue weighted by atomic mass is 32.1. The molecule has 1 aromatic heterocycles. The number of nitrogens with one attached hydrogen (secondary N) is 1. The SMILES string of the molecule is Cc1cnc(NC(=O)CC[C@@H]2C/C(=N\O)[C@@]3(C)CCC4c5ccc(OP(=O)(O)O)c([N+](=O)[O-])c5CCC4C23)s1. The summed E-state index contributed by atoms with van der Waals surface area (Å²) in [6.45, 7) is 4.04. The van der Waals surface area contributed by atoms with Crippen molar-refractivity contribution >= 4 is 41.6 Å². The lowest BCUT2D eigenvalue weighted by atomic mass is 9.53. The number of aromatic nitrogens is 1. The number of phosphoric ester groups is 1. The number of fused-ring (bicyclic) bond motifs is 5. The van der Waals surface area contributed by atoms with Crippen LogP contribution in [0.25, 0.3) is 0 Å². The Morgan fingerprint density at radius 3 is 2.79 bits per heavy atom. The maximum Gasteiger partial charge on any atom is 0.525 e. The molecule has 0 spiro atoms. The quantitative estimate of drug-likeness (QED) is 0.149. The fourth-order valence-corrected chi connectivity index (χ4v) is 8.53. The van der Waals surface area contributed by atoms with Gasteiger partial charge in [0.05, 0.1) is 10.6 Å². The zero-order valence-electron chi connectivity index (χ0n) is 21.6. The topological polar surface area (TPSA) is 184 Å². The highest BCUT2D eigenvalue weighted by Crippen LogP contribution is 2.63. The fraction of sp³-hybridized carbons (Fsp3) is 0.560. The fourth-order valence-electron chi connectivity index (χ4n) is 7.44. The van der Waals surface area contributed by atoms with Crippen molar-refractivity contribution in [2.75, 3.05) is 5.32 Å². The second-order valence-electron chi connectivity index (χ2n) is 11.0. The van der Waals surface area contributed by atoms with Gasteiger partial charge in [0.15, 0.2) is 5.13 Å². The Bertz CT molecular complexity index is 1390. The molecule has 1 amide bonds. The number of hydrogen-bond donors (Lipinski definition) is 4. The number of benzene rings is 1. The molecule has 2 saturated carbocycles. The van der Waals surface area contributed by atoms with Gasteiger partial charge in [-0.05, 0) is 80.8 Å². The minimum atomic E-state index is -4.98. The summed E-state index contributed by atoms with van der Waals surface area (Å²) in [5.41, 5.74) is 1.28. The first-order valence-electron chi connectivity index (χ1n) is 12.9. The van der Waals surface area contributed by atoms with Gasteiger partial charge in [0, 0.05) is 28.5 Å². The Balaban J connectivity index is 1.42. The van der Waals surface area contributed by atoms with E-state index in [9.17, 15) is 34.5 Å². The highest BCUT2D eigenvalue weighted by molar-refractivity contribution is 7.46. The molecule has 1 heterocycles. The third-order valence-electron chi connectivity index (χ3n) is 8.85. The third kappa shape index (κ3) is 5.20. The summed E-state index contributed by atoms with van der Waals surface area (Å²) in [7, 11) is -4.98. The smallest absolute Gasteiger partial charge is 0.411 e. The lowest BCUT2D eigenvalue weighted by Gasteiger charge is -2.50. The lowest BCUT2D eigenvalue weighted by Crippen LogP contribution is -2.44. The Kier molecular flexibility index (Phi) is 7.30. The molecule has 210 valence electrons. The van der Waals surface area contributed by atoms with Gasteiger partial charge in [0.25, 0.3) is 0 Å². The van der Waals surface area contributed by atoms with Gasteiger partial charge in [-0.3, -0.25) is 24.7 Å². The minimum absolute atomic E-state index is 0.00213. The molecule has 3 unspecified atom stereocenters. The molecule has 0 aliphatic heterocycles. The summed E-state index contributed by atoms with van der Waals surface area (Å²) >= 11 is 1.42. The zero-order valence-corrected chi connectivity index (χ0v) is 23.3. The first-order valence-corrected chi connectivity index (χ1v) is 15.2. The van der Waals surface area contributed by atoms with Gasteiger partial charge in [-0.15, -0.1) is 11.3 Å². The largest absolute Gasteiger partial charge is 0.525 e. The van der Waals surface area contributed by atoms with E-state index in [4.69, 9.17) is 0 Å². The molecule has 12 nitrogen and oxygen atoms in total. The molecule has 0 saturated heterocycles. The van der Waals surface area contributed by atoms with Gasteiger partial charge in [-0.2, -0.15) is 0 Å². The Morgan fingerprint density at radius 2 is 2.15 bits per heavy atom. The standard InChI is InChI=1S/C25H31N4O8PS/c1-13-12-26-24(39-13)27-21(30)8-3-14-11-20(28-31)25(2)10-9-16-15-6-7-19(37-38(34,35)36)23(29(32)33)18(15)5-4-17(16)22(14)25/h6-7,12,14,16-17,22,31H,3-5,8-11H2,1-2H3,(H,26,27,30)(H2,34,35,36)/b28-20+/t14-,16?,17?,22?,25-/m1/s1. The van der Waals surface area contributed by atoms with E-state index in [0.717, 1.165) is 29.0 Å². The molecule has 4 N–H and O–H groups in total. The highest BCUT2D eigenvalue weighted by Gasteiger charge is 2.58. The molecule has 0 bridgehead atoms. The third-order valence-corrected chi connectivity index (χ3v) is 10.1. The number of phosphoric acid groups is 1. The molecular weight excluding hydrogens is 547 g/mol. The van der Waals surface area contributed by atoms with Gasteiger partial charge >= 0.3 is 13.5 Å². The van der Waals surface area contributed by atoms with Crippen LogP contribution in [0.15, 0.2) is 23.5 Å². The molecule has 14 heteroatoms. The van der Waals surface area contributed by atoms with Crippen LogP contribution in [0.2, 0.25) is 0 Å². The van der Waals surface area contributed by atoms with Crippen LogP contribution in [-0.4, -0.2) is 36.5 Å². The number of aryl methyl sites for hydroxylation is 1. The van der Waals surface area contributed by atoms with Crippen molar-refractivity contribution in [2.45, 2.75) is 64.7 Å². The van der Waals surface area contributed by atoms with E-state index in [-0.39, 0.29) is 35.0 Å². The van der Waals surface area contributed by atoms with Crippen LogP contribution >= 0.6 is 19.2 Å². The van der Waals surface area contributed by atoms with Gasteiger partial charge < -0.3 is 15.0 Å². The molecule has 2 fully saturated rings. The van der Waals surface area contributed by atoms with Crippen LogP contribution in [0, 0.1) is 40.2 Å². The van der Waals surface area contributed by atoms with Crippen molar-refractivity contribution in [1.82, 2.24) is 4.98 Å². The number of thiazole rings is 1. The van der Waals surface area contributed by atoms with E-state index in [2.05, 4.69) is 26.9 Å². The molecule has 0 radical (unpaired) electrons. The first-order chi connectivity index (χ1) is 18.4. The molecule has 3 aliphatic carbocycles. The van der Waals surface area contributed by atoms with Crippen molar-refractivity contribution in [3.8, 4) is 5.75 Å². The van der Waals surface area contributed by atoms with Gasteiger partial charge in [-0.25, -0.2) is 9.55 Å². The van der Waals surface area contributed by atoms with Crippen molar-refractivity contribution in [3.05, 3.63) is 44.4 Å². The number of anilines is 1. The monoisotopic (exact) mass is 578 g/mol. The first kappa shape index (κ1) is 27.7. The second-order valence-corrected chi connectivity index (χ2v) is 13.4. The van der Waals surface area contributed by atoms with Crippen molar-refractivity contribution in [3.63, 3.8) is 0 Å². The van der Waals surface area contributed by atoms with E-state index >= 15 is 0 Å². The van der Waals surface area contributed by atoms with Crippen molar-refractivity contribution in [2.24, 2.45) is 28.3 Å². The summed E-state index contributed by atoms with van der Waals surface area (Å²) in [4.78, 5) is 47.7. The van der Waals surface area contributed by atoms with Gasteiger partial charge in [0.2, 0.25) is 11.7 Å². The number of nitro groups is 1. The molecule has 39 heavy (non-hydrogen) atoms. The van der Waals surface area contributed by atoms with Crippen molar-refractivity contribution < 1.29 is 33.8 Å². The number of carbonyl (C=O) groups excluding carboxylic acids is 1. The molecular formula is C25H31N4O8PS. The summed E-state index contributed by atoms with van der Waals surface area (Å²) in [6.07, 6.45) is 5.67. The van der Waals surface area contributed by atoms with Crippen LogP contribution in [-0.2, 0) is 15.8 Å². The number of rotatable bonds is 7. The number of hydrogen-bond acceptors (Lipinski definition) is 9. The number of nitrogens with zero attached hydrogens (tertiary/aromatic N) is 3. The zero-order chi connectivity index (χ0) is 28.1. The average molecular weight is 579 g/mol. The van der Waals surface area contributed by atoms with Crippen molar-refractivity contribution in [1.29, 1.82) is 0 Å². The van der Waals surface area contributed by atoms with Crippen LogP contribution < -0.4 is 9.84 Å². The molecule has 3 aliphatic rings. The minimum Gasteiger partial charge on any atom is -0.411 e. The predicted octanol–water partition coefficient (Wildman–Crippen LogP) is 5.16. The number of oxime groups is 1. The van der Waals surface area contributed by atoms with Crippen LogP contribution in [0.4, 0.5) is 10.8 Å². The molecule has 5 rings (SSSR count). The predicted molar refractivity (Wildman–Crippen MR) is 143 cm³/mol. The summed E-state index contributed by atoms with van der Waals surface area (Å²) in [5.74, 6) is -0.168. The van der Waals surface area contributed by atoms with E-state index < -0.39 is 24.2 Å². The summed E-state index contributed by atoms with van der Waals surface area (Å²) in [6, 6.07) is 2.98. The number of carbonyl (C=O) groups is 1. The van der Waals surface area contributed by atoms with Gasteiger partial charge in [-0.1, -0.05) is 18.1 Å². The molecule has 1 aromatic carbocycles. The summed E-state index contributed by atoms with van der Waals surface area (Å²) in [5, 5.41) is 29.0.